The Morgan fingerprint density at radius 3 is 2.22 bits per heavy atom. The van der Waals surface area contributed by atoms with Crippen LogP contribution in [0.5, 0.6) is 0 Å². The molecule has 2 aromatic carbocycles. The molecule has 3 heterocycles. The van der Waals surface area contributed by atoms with Gasteiger partial charge in [-0.15, -0.1) is 0 Å². The molecule has 0 radical (unpaired) electrons. The molecule has 236 valence electrons. The zero-order chi connectivity index (χ0) is 32.1. The number of aliphatic imine (C=N–C) groups is 1. The van der Waals surface area contributed by atoms with Crippen LogP contribution < -0.4 is 0 Å². The van der Waals surface area contributed by atoms with E-state index in [4.69, 9.17) is 40.9 Å². The SMILES string of the molecule is CN(C(=O)OC(C)(C)C)C1=NC2C(OC(COC(=O)c3ccccc3)C(OC(=O)c3ccccc3)C2OC(=S)n2ccnc2)S1. The van der Waals surface area contributed by atoms with E-state index < -0.39 is 53.4 Å². The van der Waals surface area contributed by atoms with Crippen molar-refractivity contribution in [1.29, 1.82) is 0 Å². The summed E-state index contributed by atoms with van der Waals surface area (Å²) in [5.41, 5.74) is -0.804. The summed E-state index contributed by atoms with van der Waals surface area (Å²) >= 11 is 6.73. The van der Waals surface area contributed by atoms with Gasteiger partial charge in [0.25, 0.3) is 5.17 Å². The fourth-order valence-corrected chi connectivity index (χ4v) is 5.89. The molecule has 2 aliphatic heterocycles. The summed E-state index contributed by atoms with van der Waals surface area (Å²) in [4.78, 5) is 49.2. The molecule has 0 saturated carbocycles. The van der Waals surface area contributed by atoms with Crippen LogP contribution in [-0.2, 0) is 23.7 Å². The van der Waals surface area contributed by atoms with Crippen LogP contribution in [0.4, 0.5) is 4.79 Å². The van der Waals surface area contributed by atoms with Crippen molar-refractivity contribution in [2.75, 3.05) is 13.7 Å². The van der Waals surface area contributed by atoms with Crippen LogP contribution in [-0.4, -0.2) is 91.9 Å². The molecule has 1 saturated heterocycles. The second-order valence-electron chi connectivity index (χ2n) is 11.1. The Morgan fingerprint density at radius 1 is 0.978 bits per heavy atom. The van der Waals surface area contributed by atoms with E-state index in [0.29, 0.717) is 16.3 Å². The smallest absolute Gasteiger partial charge is 0.416 e. The average Bonchev–Trinajstić information content (AvgIpc) is 3.71. The first kappa shape index (κ1) is 32.1. The van der Waals surface area contributed by atoms with Gasteiger partial charge in [-0.3, -0.25) is 14.5 Å². The summed E-state index contributed by atoms with van der Waals surface area (Å²) < 4.78 is 31.3. The molecule has 5 rings (SSSR count). The molecule has 2 aliphatic rings. The summed E-state index contributed by atoms with van der Waals surface area (Å²) in [6.45, 7) is 5.01. The molecule has 1 amide bonds. The maximum Gasteiger partial charge on any atom is 0.416 e. The quantitative estimate of drug-likeness (QED) is 0.211. The topological polar surface area (TPSA) is 131 Å². The van der Waals surface area contributed by atoms with E-state index in [1.165, 1.54) is 34.6 Å². The highest BCUT2D eigenvalue weighted by Crippen LogP contribution is 2.40. The number of fused-ring (bicyclic) bond motifs is 1. The molecule has 5 atom stereocenters. The molecule has 12 nitrogen and oxygen atoms in total. The third kappa shape index (κ3) is 7.88. The minimum absolute atomic E-state index is 0.0214. The van der Waals surface area contributed by atoms with Gasteiger partial charge in [-0.2, -0.15) is 0 Å². The molecule has 5 unspecified atom stereocenters. The lowest BCUT2D eigenvalue weighted by molar-refractivity contribution is -0.163. The predicted octanol–water partition coefficient (Wildman–Crippen LogP) is 4.55. The first-order valence-corrected chi connectivity index (χ1v) is 15.3. The van der Waals surface area contributed by atoms with Crippen LogP contribution in [0.25, 0.3) is 0 Å². The standard InChI is InChI=1S/C31H32N4O8S2/c1-31(2,3)43-29(38)34(4)28-33-22-24(42-30(44)35-16-15-32-18-35)23(41-26(37)20-13-9-6-10-14-20)21(40-27(22)45-28)17-39-25(36)19-11-7-5-8-12-19/h5-16,18,21-24,27H,17H2,1-4H3. The number of aromatic nitrogens is 2. The van der Waals surface area contributed by atoms with E-state index >= 15 is 0 Å². The molecule has 3 aromatic rings. The number of esters is 2. The summed E-state index contributed by atoms with van der Waals surface area (Å²) in [6.07, 6.45) is 0.868. The van der Waals surface area contributed by atoms with Crippen molar-refractivity contribution < 1.29 is 38.1 Å². The summed E-state index contributed by atoms with van der Waals surface area (Å²) in [7, 11) is 1.54. The minimum Gasteiger partial charge on any atom is -0.461 e. The summed E-state index contributed by atoms with van der Waals surface area (Å²) in [6, 6.07) is 16.1. The number of imidazole rings is 1. The van der Waals surface area contributed by atoms with Gasteiger partial charge < -0.3 is 23.7 Å². The fraction of sp³-hybridized carbons (Fsp3) is 0.355. The Morgan fingerprint density at radius 2 is 1.62 bits per heavy atom. The van der Waals surface area contributed by atoms with Gasteiger partial charge >= 0.3 is 18.0 Å². The van der Waals surface area contributed by atoms with Crippen LogP contribution >= 0.6 is 24.0 Å². The van der Waals surface area contributed by atoms with Crippen molar-refractivity contribution in [2.45, 2.75) is 56.2 Å². The number of benzene rings is 2. The van der Waals surface area contributed by atoms with Crippen molar-refractivity contribution in [1.82, 2.24) is 14.5 Å². The zero-order valence-corrected chi connectivity index (χ0v) is 26.6. The van der Waals surface area contributed by atoms with E-state index in [2.05, 4.69) is 4.98 Å². The van der Waals surface area contributed by atoms with Crippen molar-refractivity contribution >= 4 is 52.4 Å². The van der Waals surface area contributed by atoms with Crippen molar-refractivity contribution in [3.8, 4) is 0 Å². The Balaban J connectivity index is 1.47. The van der Waals surface area contributed by atoms with Gasteiger partial charge in [-0.25, -0.2) is 19.4 Å². The number of nitrogens with zero attached hydrogens (tertiary/aromatic N) is 4. The number of ether oxygens (including phenoxy) is 5. The van der Waals surface area contributed by atoms with Crippen LogP contribution in [0, 0.1) is 0 Å². The lowest BCUT2D eigenvalue weighted by Crippen LogP contribution is -2.59. The summed E-state index contributed by atoms with van der Waals surface area (Å²) in [5.74, 6) is -1.23. The molecule has 1 fully saturated rings. The number of thiocarbonyl (C=S) groups is 1. The van der Waals surface area contributed by atoms with E-state index in [1.807, 2.05) is 0 Å². The largest absolute Gasteiger partial charge is 0.461 e. The number of thioether (sulfide) groups is 1. The zero-order valence-electron chi connectivity index (χ0n) is 25.0. The molecule has 0 aliphatic carbocycles. The Bertz CT molecular complexity index is 1550. The molecular weight excluding hydrogens is 620 g/mol. The molecule has 0 spiro atoms. The number of amides is 1. The van der Waals surface area contributed by atoms with E-state index in [-0.39, 0.29) is 11.8 Å². The van der Waals surface area contributed by atoms with E-state index in [1.54, 1.807) is 93.8 Å². The van der Waals surface area contributed by atoms with Crippen molar-refractivity contribution in [2.24, 2.45) is 4.99 Å². The highest BCUT2D eigenvalue weighted by atomic mass is 32.2. The average molecular weight is 653 g/mol. The molecular formula is C31H32N4O8S2. The number of rotatable bonds is 6. The number of amidine groups is 1. The van der Waals surface area contributed by atoms with Gasteiger partial charge in [0.1, 0.15) is 36.1 Å². The number of hydrogen-bond acceptors (Lipinski definition) is 12. The highest BCUT2D eigenvalue weighted by Gasteiger charge is 2.54. The third-order valence-electron chi connectivity index (χ3n) is 6.64. The Labute approximate surface area is 269 Å². The maximum atomic E-state index is 13.4. The number of carbonyl (C=O) groups is 3. The normalized spacial score (nSPS) is 22.4. The van der Waals surface area contributed by atoms with Crippen LogP contribution in [0.1, 0.15) is 41.5 Å². The Kier molecular flexibility index (Phi) is 9.85. The number of hydrogen-bond donors (Lipinski definition) is 0. The fourth-order valence-electron chi connectivity index (χ4n) is 4.50. The predicted molar refractivity (Wildman–Crippen MR) is 169 cm³/mol. The second kappa shape index (κ2) is 13.8. The lowest BCUT2D eigenvalue weighted by atomic mass is 9.97. The van der Waals surface area contributed by atoms with Gasteiger partial charge in [0, 0.05) is 19.4 Å². The molecule has 1 aromatic heterocycles. The third-order valence-corrected chi connectivity index (χ3v) is 8.16. The maximum absolute atomic E-state index is 13.4. The van der Waals surface area contributed by atoms with Gasteiger partial charge in [0.15, 0.2) is 17.4 Å². The van der Waals surface area contributed by atoms with E-state index in [9.17, 15) is 14.4 Å². The Hall–Kier alpha value is -4.27. The van der Waals surface area contributed by atoms with Crippen molar-refractivity contribution in [3.63, 3.8) is 0 Å². The summed E-state index contributed by atoms with van der Waals surface area (Å²) in [5, 5.41) is 0.324. The highest BCUT2D eigenvalue weighted by molar-refractivity contribution is 8.14. The number of carbonyl (C=O) groups excluding carboxylic acids is 3. The first-order chi connectivity index (χ1) is 21.5. The van der Waals surface area contributed by atoms with Gasteiger partial charge in [-0.1, -0.05) is 48.2 Å². The molecule has 45 heavy (non-hydrogen) atoms. The molecule has 14 heteroatoms. The van der Waals surface area contributed by atoms with Gasteiger partial charge in [-0.05, 0) is 57.3 Å². The van der Waals surface area contributed by atoms with Crippen LogP contribution in [0.3, 0.4) is 0 Å². The van der Waals surface area contributed by atoms with Crippen LogP contribution in [0.2, 0.25) is 0 Å². The monoisotopic (exact) mass is 652 g/mol. The van der Waals surface area contributed by atoms with Crippen molar-refractivity contribution in [3.05, 3.63) is 90.5 Å². The van der Waals surface area contributed by atoms with Gasteiger partial charge in [0.05, 0.1) is 11.1 Å². The van der Waals surface area contributed by atoms with Gasteiger partial charge in [0.2, 0.25) is 0 Å². The second-order valence-corrected chi connectivity index (χ2v) is 12.5. The lowest BCUT2D eigenvalue weighted by Gasteiger charge is -2.41. The molecule has 0 N–H and O–H groups in total. The minimum atomic E-state index is -1.14. The first-order valence-electron chi connectivity index (χ1n) is 14.0. The molecule has 0 bridgehead atoms. The van der Waals surface area contributed by atoms with E-state index in [0.717, 1.165) is 0 Å². The van der Waals surface area contributed by atoms with Crippen LogP contribution in [0.15, 0.2) is 84.4 Å².